The van der Waals surface area contributed by atoms with Crippen LogP contribution in [0.2, 0.25) is 5.02 Å². The molecule has 8 nitrogen and oxygen atoms in total. The number of H-pyrrole nitrogens is 1. The van der Waals surface area contributed by atoms with Crippen molar-refractivity contribution in [2.45, 2.75) is 43.9 Å². The maximum Gasteiger partial charge on any atom is 0.296 e. The summed E-state index contributed by atoms with van der Waals surface area (Å²) in [7, 11) is 0. The fourth-order valence-corrected chi connectivity index (χ4v) is 4.99. The lowest BCUT2D eigenvalue weighted by atomic mass is 9.95. The van der Waals surface area contributed by atoms with E-state index in [1.807, 2.05) is 48.5 Å². The lowest BCUT2D eigenvalue weighted by Gasteiger charge is -2.18. The molecule has 0 spiro atoms. The van der Waals surface area contributed by atoms with Crippen molar-refractivity contribution < 1.29 is 24.4 Å². The minimum absolute atomic E-state index is 0.237. The average molecular weight is 508 g/mol. The molecular formula is C27H26ClN3O5. The second-order valence-corrected chi connectivity index (χ2v) is 10.2. The smallest absolute Gasteiger partial charge is 0.296 e. The Morgan fingerprint density at radius 1 is 0.944 bits per heavy atom. The maximum absolute atomic E-state index is 10.2. The lowest BCUT2D eigenvalue weighted by molar-refractivity contribution is 0.00706. The number of nitrogens with one attached hydrogen (secondary N) is 1. The third kappa shape index (κ3) is 4.25. The van der Waals surface area contributed by atoms with Crippen LogP contribution in [-0.2, 0) is 15.1 Å². The van der Waals surface area contributed by atoms with Crippen molar-refractivity contribution in [1.82, 2.24) is 15.0 Å². The van der Waals surface area contributed by atoms with E-state index in [1.54, 1.807) is 19.9 Å². The Bertz CT molecular complexity index is 1400. The third-order valence-corrected chi connectivity index (χ3v) is 7.02. The predicted molar refractivity (Wildman–Crippen MR) is 135 cm³/mol. The molecule has 9 heteroatoms. The van der Waals surface area contributed by atoms with Gasteiger partial charge in [0, 0.05) is 5.56 Å². The molecule has 36 heavy (non-hydrogen) atoms. The Kier molecular flexibility index (Phi) is 5.74. The molecule has 2 aliphatic rings. The van der Waals surface area contributed by atoms with Crippen molar-refractivity contribution in [2.75, 3.05) is 13.2 Å². The van der Waals surface area contributed by atoms with Gasteiger partial charge in [-0.2, -0.15) is 4.98 Å². The summed E-state index contributed by atoms with van der Waals surface area (Å²) in [6, 6.07) is 17.9. The zero-order valence-corrected chi connectivity index (χ0v) is 20.6. The fraction of sp³-hybridized carbons (Fsp3) is 0.333. The monoisotopic (exact) mass is 507 g/mol. The van der Waals surface area contributed by atoms with E-state index in [2.05, 4.69) is 15.0 Å². The van der Waals surface area contributed by atoms with Crippen LogP contribution in [0, 0.1) is 0 Å². The molecule has 0 saturated carbocycles. The summed E-state index contributed by atoms with van der Waals surface area (Å²) < 4.78 is 17.2. The molecule has 6 rings (SSSR count). The van der Waals surface area contributed by atoms with Crippen LogP contribution >= 0.6 is 11.6 Å². The number of aromatic nitrogens is 3. The van der Waals surface area contributed by atoms with Crippen molar-refractivity contribution in [3.8, 4) is 28.4 Å². The van der Waals surface area contributed by atoms with E-state index in [0.29, 0.717) is 34.5 Å². The number of hydrogen-bond acceptors (Lipinski definition) is 7. The topological polar surface area (TPSA) is 110 Å². The Hall–Kier alpha value is -3.01. The van der Waals surface area contributed by atoms with E-state index in [1.165, 1.54) is 0 Å². The van der Waals surface area contributed by atoms with Gasteiger partial charge in [-0.15, -0.1) is 0 Å². The molecular weight excluding hydrogens is 482 g/mol. The van der Waals surface area contributed by atoms with Gasteiger partial charge in [0.1, 0.15) is 18.3 Å². The number of imidazole rings is 1. The molecule has 3 N–H and O–H groups in total. The fourth-order valence-electron chi connectivity index (χ4n) is 4.73. The first kappa shape index (κ1) is 23.4. The number of benzene rings is 2. The molecule has 0 amide bonds. The number of ether oxygens (including phenoxy) is 3. The van der Waals surface area contributed by atoms with E-state index >= 15 is 0 Å². The third-order valence-electron chi connectivity index (χ3n) is 6.73. The van der Waals surface area contributed by atoms with Gasteiger partial charge in [-0.25, -0.2) is 4.98 Å². The van der Waals surface area contributed by atoms with Crippen LogP contribution in [0.15, 0.2) is 54.6 Å². The number of rotatable bonds is 5. The standard InChI is InChI=1S/C27H26ClN3O5/c1-27(2,33)17-9-7-15(8-10-17)14-3-5-16(6-4-14)22-18(28)11-19-25(30-22)31-26(29-19)36-21-13-35-23-20(32)12-34-24(21)23/h3-11,20-21,23-24,32-33H,12-13H2,1-2H3,(H,29,30,31)/t20?,21?,23-,24-/m1/s1. The van der Waals surface area contributed by atoms with Crippen LogP contribution in [0.3, 0.4) is 0 Å². The Balaban J connectivity index is 1.22. The van der Waals surface area contributed by atoms with Gasteiger partial charge in [0.2, 0.25) is 0 Å². The summed E-state index contributed by atoms with van der Waals surface area (Å²) in [5.74, 6) is 0. The van der Waals surface area contributed by atoms with Gasteiger partial charge in [-0.1, -0.05) is 60.1 Å². The lowest BCUT2D eigenvalue weighted by Crippen LogP contribution is -2.34. The zero-order chi connectivity index (χ0) is 25.0. The molecule has 4 aromatic rings. The molecule has 2 unspecified atom stereocenters. The number of nitrogens with zero attached hydrogens (tertiary/aromatic N) is 2. The molecule has 2 fully saturated rings. The molecule has 2 aromatic heterocycles. The molecule has 4 heterocycles. The molecule has 2 saturated heterocycles. The second-order valence-electron chi connectivity index (χ2n) is 9.77. The summed E-state index contributed by atoms with van der Waals surface area (Å²) in [6.07, 6.45) is -1.71. The minimum atomic E-state index is -0.874. The van der Waals surface area contributed by atoms with E-state index in [-0.39, 0.29) is 24.9 Å². The van der Waals surface area contributed by atoms with Crippen molar-refractivity contribution in [3.05, 3.63) is 65.2 Å². The molecule has 2 aromatic carbocycles. The molecule has 2 aliphatic heterocycles. The normalized spacial score (nSPS) is 23.8. The highest BCUT2D eigenvalue weighted by atomic mass is 35.5. The number of aromatic amines is 1. The highest BCUT2D eigenvalue weighted by Crippen LogP contribution is 2.33. The van der Waals surface area contributed by atoms with Gasteiger partial charge in [0.15, 0.2) is 11.8 Å². The largest absolute Gasteiger partial charge is 0.456 e. The van der Waals surface area contributed by atoms with Gasteiger partial charge >= 0.3 is 0 Å². The van der Waals surface area contributed by atoms with Crippen LogP contribution in [0.4, 0.5) is 0 Å². The number of aliphatic hydroxyl groups excluding tert-OH is 1. The highest BCUT2D eigenvalue weighted by molar-refractivity contribution is 6.33. The van der Waals surface area contributed by atoms with Crippen LogP contribution in [-0.4, -0.2) is 62.8 Å². The second kappa shape index (κ2) is 8.83. The molecule has 186 valence electrons. The van der Waals surface area contributed by atoms with Crippen molar-refractivity contribution >= 4 is 22.8 Å². The SMILES string of the molecule is CC(C)(O)c1ccc(-c2ccc(-c3nc4nc(OC5CO[C@@H]6C(O)CO[C@H]56)[nH]c4cc3Cl)cc2)cc1. The predicted octanol–water partition coefficient (Wildman–Crippen LogP) is 4.08. The average Bonchev–Trinajstić information content (AvgIpc) is 3.55. The van der Waals surface area contributed by atoms with Crippen LogP contribution in [0.1, 0.15) is 19.4 Å². The van der Waals surface area contributed by atoms with Gasteiger partial charge < -0.3 is 29.4 Å². The first-order valence-corrected chi connectivity index (χ1v) is 12.2. The van der Waals surface area contributed by atoms with E-state index < -0.39 is 11.7 Å². The van der Waals surface area contributed by atoms with Crippen LogP contribution in [0.25, 0.3) is 33.5 Å². The Morgan fingerprint density at radius 2 is 1.58 bits per heavy atom. The highest BCUT2D eigenvalue weighted by Gasteiger charge is 2.48. The number of hydrogen-bond donors (Lipinski definition) is 3. The van der Waals surface area contributed by atoms with E-state index in [4.69, 9.17) is 25.8 Å². The van der Waals surface area contributed by atoms with Crippen LogP contribution < -0.4 is 4.74 Å². The number of aliphatic hydroxyl groups is 2. The van der Waals surface area contributed by atoms with Crippen LogP contribution in [0.5, 0.6) is 6.01 Å². The number of fused-ring (bicyclic) bond motifs is 2. The minimum Gasteiger partial charge on any atom is -0.456 e. The molecule has 0 bridgehead atoms. The van der Waals surface area contributed by atoms with Gasteiger partial charge in [0.25, 0.3) is 6.01 Å². The van der Waals surface area contributed by atoms with Gasteiger partial charge in [-0.05, 0) is 36.6 Å². The summed E-state index contributed by atoms with van der Waals surface area (Å²) in [5, 5.41) is 20.6. The molecule has 4 atom stereocenters. The summed E-state index contributed by atoms with van der Waals surface area (Å²) in [6.45, 7) is 4.09. The maximum atomic E-state index is 10.2. The van der Waals surface area contributed by atoms with Gasteiger partial charge in [-0.3, -0.25) is 0 Å². The number of pyridine rings is 1. The molecule has 0 radical (unpaired) electrons. The number of halogens is 1. The Morgan fingerprint density at radius 3 is 2.28 bits per heavy atom. The van der Waals surface area contributed by atoms with Crippen molar-refractivity contribution in [2.24, 2.45) is 0 Å². The zero-order valence-electron chi connectivity index (χ0n) is 19.8. The van der Waals surface area contributed by atoms with E-state index in [9.17, 15) is 10.2 Å². The van der Waals surface area contributed by atoms with E-state index in [0.717, 1.165) is 22.3 Å². The first-order chi connectivity index (χ1) is 17.3. The van der Waals surface area contributed by atoms with Gasteiger partial charge in [0.05, 0.1) is 35.0 Å². The first-order valence-electron chi connectivity index (χ1n) is 11.8. The summed E-state index contributed by atoms with van der Waals surface area (Å²) in [4.78, 5) is 12.3. The summed E-state index contributed by atoms with van der Waals surface area (Å²) >= 11 is 6.58. The van der Waals surface area contributed by atoms with Crippen molar-refractivity contribution in [3.63, 3.8) is 0 Å². The van der Waals surface area contributed by atoms with Crippen molar-refractivity contribution in [1.29, 1.82) is 0 Å². The molecule has 0 aliphatic carbocycles. The summed E-state index contributed by atoms with van der Waals surface area (Å²) in [5.41, 5.74) is 4.72. The Labute approximate surface area is 212 Å². The quantitative estimate of drug-likeness (QED) is 0.373.